The van der Waals surface area contributed by atoms with E-state index < -0.39 is 0 Å². The maximum atomic E-state index is 12.6. The minimum Gasteiger partial charge on any atom is -0.327 e. The molecule has 2 atom stereocenters. The first kappa shape index (κ1) is 9.49. The third-order valence-corrected chi connectivity index (χ3v) is 2.12. The summed E-state index contributed by atoms with van der Waals surface area (Å²) in [4.78, 5) is 0. The lowest BCUT2D eigenvalue weighted by Gasteiger charge is -1.96. The molecule has 0 bridgehead atoms. The van der Waals surface area contributed by atoms with E-state index in [2.05, 4.69) is 0 Å². The highest BCUT2D eigenvalue weighted by atomic mass is 35.5. The molecular weight excluding hydrogens is 177 g/mol. The van der Waals surface area contributed by atoms with Gasteiger partial charge < -0.3 is 5.73 Å². The van der Waals surface area contributed by atoms with Crippen molar-refractivity contribution in [1.29, 1.82) is 0 Å². The molecule has 0 heterocycles. The Hall–Kier alpha value is -0.600. The maximum absolute atomic E-state index is 12.6. The van der Waals surface area contributed by atoms with E-state index >= 15 is 0 Å². The summed E-state index contributed by atoms with van der Waals surface area (Å²) in [5.41, 5.74) is 6.67. The molecule has 12 heavy (non-hydrogen) atoms. The van der Waals surface area contributed by atoms with Gasteiger partial charge in [0.05, 0.1) is 0 Å². The number of rotatable bonds is 1. The van der Waals surface area contributed by atoms with Crippen molar-refractivity contribution >= 4 is 12.4 Å². The van der Waals surface area contributed by atoms with Crippen molar-refractivity contribution in [2.75, 3.05) is 0 Å². The SMILES string of the molecule is Cl.N[C@H]1C[C@@H]1c1cccc(F)c1. The van der Waals surface area contributed by atoms with Gasteiger partial charge in [0.15, 0.2) is 0 Å². The first-order chi connectivity index (χ1) is 5.27. The zero-order chi connectivity index (χ0) is 7.84. The van der Waals surface area contributed by atoms with Crippen molar-refractivity contribution in [2.24, 2.45) is 5.73 Å². The molecule has 1 aromatic rings. The summed E-state index contributed by atoms with van der Waals surface area (Å²) in [6, 6.07) is 6.95. The Labute approximate surface area is 77.2 Å². The zero-order valence-electron chi connectivity index (χ0n) is 6.53. The van der Waals surface area contributed by atoms with Gasteiger partial charge in [-0.15, -0.1) is 12.4 Å². The predicted molar refractivity (Wildman–Crippen MR) is 49.0 cm³/mol. The van der Waals surface area contributed by atoms with Crippen LogP contribution in [-0.4, -0.2) is 6.04 Å². The van der Waals surface area contributed by atoms with Crippen LogP contribution in [0.4, 0.5) is 4.39 Å². The average Bonchev–Trinajstić information content (AvgIpc) is 2.67. The summed E-state index contributed by atoms with van der Waals surface area (Å²) in [5.74, 6) is 0.243. The molecule has 0 spiro atoms. The van der Waals surface area contributed by atoms with Crippen molar-refractivity contribution in [3.63, 3.8) is 0 Å². The lowest BCUT2D eigenvalue weighted by Crippen LogP contribution is -2.00. The lowest BCUT2D eigenvalue weighted by molar-refractivity contribution is 0.625. The first-order valence-electron chi connectivity index (χ1n) is 3.78. The molecular formula is C9H11ClFN. The smallest absolute Gasteiger partial charge is 0.123 e. The Morgan fingerprint density at radius 3 is 2.58 bits per heavy atom. The maximum Gasteiger partial charge on any atom is 0.123 e. The Kier molecular flexibility index (Phi) is 2.70. The van der Waals surface area contributed by atoms with E-state index in [9.17, 15) is 4.39 Å². The second-order valence-corrected chi connectivity index (χ2v) is 3.06. The predicted octanol–water partition coefficient (Wildman–Crippen LogP) is 2.06. The van der Waals surface area contributed by atoms with E-state index in [0.29, 0.717) is 5.92 Å². The van der Waals surface area contributed by atoms with Crippen LogP contribution >= 0.6 is 12.4 Å². The van der Waals surface area contributed by atoms with Gasteiger partial charge in [0, 0.05) is 12.0 Å². The van der Waals surface area contributed by atoms with Gasteiger partial charge in [-0.2, -0.15) is 0 Å². The van der Waals surface area contributed by atoms with E-state index in [0.717, 1.165) is 12.0 Å². The number of nitrogens with two attached hydrogens (primary N) is 1. The summed E-state index contributed by atoms with van der Waals surface area (Å²) in [6.45, 7) is 0. The van der Waals surface area contributed by atoms with Gasteiger partial charge in [-0.05, 0) is 24.1 Å². The summed E-state index contributed by atoms with van der Waals surface area (Å²) >= 11 is 0. The molecule has 1 aliphatic carbocycles. The Morgan fingerprint density at radius 1 is 1.42 bits per heavy atom. The molecule has 0 aromatic heterocycles. The topological polar surface area (TPSA) is 26.0 Å². The van der Waals surface area contributed by atoms with Crippen molar-refractivity contribution in [2.45, 2.75) is 18.4 Å². The van der Waals surface area contributed by atoms with Crippen LogP contribution in [0.3, 0.4) is 0 Å². The quantitative estimate of drug-likeness (QED) is 0.716. The molecule has 0 unspecified atom stereocenters. The average molecular weight is 188 g/mol. The number of hydrogen-bond donors (Lipinski definition) is 1. The van der Waals surface area contributed by atoms with Crippen LogP contribution in [0.2, 0.25) is 0 Å². The standard InChI is InChI=1S/C9H10FN.ClH/c10-7-3-1-2-6(4-7)8-5-9(8)11;/h1-4,8-9H,5,11H2;1H/t8-,9+;/m1./s1. The van der Waals surface area contributed by atoms with E-state index in [-0.39, 0.29) is 24.3 Å². The molecule has 1 aliphatic rings. The van der Waals surface area contributed by atoms with Crippen LogP contribution in [0.15, 0.2) is 24.3 Å². The molecule has 1 saturated carbocycles. The van der Waals surface area contributed by atoms with Gasteiger partial charge in [-0.1, -0.05) is 12.1 Å². The molecule has 1 aromatic carbocycles. The van der Waals surface area contributed by atoms with Crippen LogP contribution in [0.5, 0.6) is 0 Å². The second-order valence-electron chi connectivity index (χ2n) is 3.06. The number of hydrogen-bond acceptors (Lipinski definition) is 1. The summed E-state index contributed by atoms with van der Waals surface area (Å²) in [5, 5.41) is 0. The van der Waals surface area contributed by atoms with Gasteiger partial charge >= 0.3 is 0 Å². The highest BCUT2D eigenvalue weighted by Gasteiger charge is 2.34. The minimum absolute atomic E-state index is 0. The van der Waals surface area contributed by atoms with Crippen molar-refractivity contribution in [3.05, 3.63) is 35.6 Å². The summed E-state index contributed by atoms with van der Waals surface area (Å²) < 4.78 is 12.6. The fourth-order valence-electron chi connectivity index (χ4n) is 1.34. The highest BCUT2D eigenvalue weighted by Crippen LogP contribution is 2.38. The molecule has 66 valence electrons. The first-order valence-corrected chi connectivity index (χ1v) is 3.78. The molecule has 3 heteroatoms. The van der Waals surface area contributed by atoms with Crippen molar-refractivity contribution < 1.29 is 4.39 Å². The van der Waals surface area contributed by atoms with Gasteiger partial charge in [0.1, 0.15) is 5.82 Å². The van der Waals surface area contributed by atoms with Gasteiger partial charge in [-0.25, -0.2) is 4.39 Å². The van der Waals surface area contributed by atoms with Crippen LogP contribution in [-0.2, 0) is 0 Å². The highest BCUT2D eigenvalue weighted by molar-refractivity contribution is 5.85. The Morgan fingerprint density at radius 2 is 2.08 bits per heavy atom. The second kappa shape index (κ2) is 3.42. The summed E-state index contributed by atoms with van der Waals surface area (Å²) in [7, 11) is 0. The molecule has 2 N–H and O–H groups in total. The van der Waals surface area contributed by atoms with Crippen LogP contribution < -0.4 is 5.73 Å². The van der Waals surface area contributed by atoms with Crippen LogP contribution in [0.1, 0.15) is 17.9 Å². The molecule has 0 saturated heterocycles. The van der Waals surface area contributed by atoms with Crippen LogP contribution in [0, 0.1) is 5.82 Å². The minimum atomic E-state index is -0.165. The third-order valence-electron chi connectivity index (χ3n) is 2.12. The van der Waals surface area contributed by atoms with Crippen LogP contribution in [0.25, 0.3) is 0 Å². The molecule has 0 aliphatic heterocycles. The van der Waals surface area contributed by atoms with E-state index in [1.54, 1.807) is 12.1 Å². The Bertz CT molecular complexity index is 277. The molecule has 0 amide bonds. The fraction of sp³-hybridized carbons (Fsp3) is 0.333. The van der Waals surface area contributed by atoms with Gasteiger partial charge in [0.2, 0.25) is 0 Å². The van der Waals surface area contributed by atoms with Gasteiger partial charge in [-0.3, -0.25) is 0 Å². The third kappa shape index (κ3) is 1.76. The molecule has 0 radical (unpaired) electrons. The van der Waals surface area contributed by atoms with Crippen molar-refractivity contribution in [3.8, 4) is 0 Å². The zero-order valence-corrected chi connectivity index (χ0v) is 7.35. The number of benzene rings is 1. The van der Waals surface area contributed by atoms with Crippen molar-refractivity contribution in [1.82, 2.24) is 0 Å². The largest absolute Gasteiger partial charge is 0.327 e. The summed E-state index contributed by atoms with van der Waals surface area (Å²) in [6.07, 6.45) is 1.00. The van der Waals surface area contributed by atoms with E-state index in [4.69, 9.17) is 5.73 Å². The van der Waals surface area contributed by atoms with Gasteiger partial charge in [0.25, 0.3) is 0 Å². The fourth-order valence-corrected chi connectivity index (χ4v) is 1.34. The normalized spacial score (nSPS) is 26.2. The molecule has 1 fully saturated rings. The molecule has 2 rings (SSSR count). The molecule has 1 nitrogen and oxygen atoms in total. The van der Waals surface area contributed by atoms with E-state index in [1.807, 2.05) is 6.07 Å². The number of halogens is 2. The lowest BCUT2D eigenvalue weighted by atomic mass is 10.1. The monoisotopic (exact) mass is 187 g/mol. The Balaban J connectivity index is 0.000000720. The van der Waals surface area contributed by atoms with E-state index in [1.165, 1.54) is 6.07 Å².